The smallest absolute Gasteiger partial charge is 0.00203 e. The Balaban J connectivity index is 2.27. The molecule has 0 fully saturated rings. The molecule has 1 heteroatoms. The molecule has 1 unspecified atom stereocenters. The molecule has 0 radical (unpaired) electrons. The third kappa shape index (κ3) is 3.71. The number of benzene rings is 2. The summed E-state index contributed by atoms with van der Waals surface area (Å²) in [5.74, 6) is 0.528. The SMILES string of the molecule is CNCC(Cc1cc(C)ccc1C)c1cccc(C)c1. The lowest BCUT2D eigenvalue weighted by Crippen LogP contribution is -2.19. The molecule has 0 aromatic heterocycles. The molecule has 0 aliphatic carbocycles. The van der Waals surface area contributed by atoms with Crippen LogP contribution in [0.4, 0.5) is 0 Å². The van der Waals surface area contributed by atoms with Crippen molar-refractivity contribution in [2.75, 3.05) is 13.6 Å². The molecule has 1 nitrogen and oxygen atoms in total. The Bertz CT molecular complexity index is 572. The van der Waals surface area contributed by atoms with E-state index in [-0.39, 0.29) is 0 Å². The van der Waals surface area contributed by atoms with E-state index in [1.165, 1.54) is 27.8 Å². The molecule has 0 aliphatic heterocycles. The minimum atomic E-state index is 0.528. The van der Waals surface area contributed by atoms with Gasteiger partial charge in [-0.05, 0) is 50.9 Å². The summed E-state index contributed by atoms with van der Waals surface area (Å²) in [6, 6.07) is 15.6. The number of rotatable bonds is 5. The van der Waals surface area contributed by atoms with Gasteiger partial charge in [0.2, 0.25) is 0 Å². The summed E-state index contributed by atoms with van der Waals surface area (Å²) in [6.07, 6.45) is 1.10. The van der Waals surface area contributed by atoms with Gasteiger partial charge >= 0.3 is 0 Å². The third-order valence-electron chi connectivity index (χ3n) is 3.94. The quantitative estimate of drug-likeness (QED) is 0.858. The van der Waals surface area contributed by atoms with E-state index < -0.39 is 0 Å². The van der Waals surface area contributed by atoms with Gasteiger partial charge < -0.3 is 5.32 Å². The van der Waals surface area contributed by atoms with Crippen molar-refractivity contribution in [2.45, 2.75) is 33.1 Å². The van der Waals surface area contributed by atoms with E-state index in [0.717, 1.165) is 13.0 Å². The van der Waals surface area contributed by atoms with Crippen molar-refractivity contribution >= 4 is 0 Å². The van der Waals surface area contributed by atoms with E-state index in [2.05, 4.69) is 68.6 Å². The average molecular weight is 267 g/mol. The molecule has 0 amide bonds. The van der Waals surface area contributed by atoms with Crippen LogP contribution in [0.2, 0.25) is 0 Å². The van der Waals surface area contributed by atoms with Crippen molar-refractivity contribution in [2.24, 2.45) is 0 Å². The minimum Gasteiger partial charge on any atom is -0.319 e. The largest absolute Gasteiger partial charge is 0.319 e. The van der Waals surface area contributed by atoms with Crippen molar-refractivity contribution in [3.63, 3.8) is 0 Å². The summed E-state index contributed by atoms with van der Waals surface area (Å²) in [6.45, 7) is 7.55. The van der Waals surface area contributed by atoms with Gasteiger partial charge in [0.1, 0.15) is 0 Å². The van der Waals surface area contributed by atoms with Gasteiger partial charge in [0.05, 0.1) is 0 Å². The van der Waals surface area contributed by atoms with Crippen LogP contribution in [-0.2, 0) is 6.42 Å². The van der Waals surface area contributed by atoms with E-state index in [9.17, 15) is 0 Å². The Morgan fingerprint density at radius 2 is 1.70 bits per heavy atom. The van der Waals surface area contributed by atoms with E-state index >= 15 is 0 Å². The van der Waals surface area contributed by atoms with Gasteiger partial charge in [0.25, 0.3) is 0 Å². The lowest BCUT2D eigenvalue weighted by molar-refractivity contribution is 0.624. The van der Waals surface area contributed by atoms with Crippen LogP contribution < -0.4 is 5.32 Å². The van der Waals surface area contributed by atoms with Crippen LogP contribution in [-0.4, -0.2) is 13.6 Å². The fraction of sp³-hybridized carbons (Fsp3) is 0.368. The molecule has 0 saturated carbocycles. The summed E-state index contributed by atoms with van der Waals surface area (Å²) in [4.78, 5) is 0. The van der Waals surface area contributed by atoms with Crippen molar-refractivity contribution in [3.8, 4) is 0 Å². The first kappa shape index (κ1) is 14.8. The van der Waals surface area contributed by atoms with Crippen molar-refractivity contribution in [1.82, 2.24) is 5.32 Å². The summed E-state index contributed by atoms with van der Waals surface area (Å²) in [5, 5.41) is 3.34. The van der Waals surface area contributed by atoms with Crippen molar-refractivity contribution in [1.29, 1.82) is 0 Å². The summed E-state index contributed by atoms with van der Waals surface area (Å²) in [5.41, 5.74) is 6.97. The first-order valence-corrected chi connectivity index (χ1v) is 7.37. The maximum atomic E-state index is 3.34. The molecule has 1 N–H and O–H groups in total. The number of nitrogens with one attached hydrogen (secondary N) is 1. The van der Waals surface area contributed by atoms with E-state index in [1.54, 1.807) is 0 Å². The highest BCUT2D eigenvalue weighted by molar-refractivity contribution is 5.34. The summed E-state index contributed by atoms with van der Waals surface area (Å²) >= 11 is 0. The molecular formula is C19H25N. The number of aryl methyl sites for hydroxylation is 3. The second-order valence-corrected chi connectivity index (χ2v) is 5.80. The van der Waals surface area contributed by atoms with E-state index in [4.69, 9.17) is 0 Å². The molecule has 0 bridgehead atoms. The van der Waals surface area contributed by atoms with Gasteiger partial charge in [-0.15, -0.1) is 0 Å². The predicted octanol–water partition coefficient (Wildman–Crippen LogP) is 4.16. The molecule has 2 aromatic carbocycles. The second-order valence-electron chi connectivity index (χ2n) is 5.80. The summed E-state index contributed by atoms with van der Waals surface area (Å²) < 4.78 is 0. The zero-order chi connectivity index (χ0) is 14.5. The fourth-order valence-corrected chi connectivity index (χ4v) is 2.76. The topological polar surface area (TPSA) is 12.0 Å². The molecular weight excluding hydrogens is 242 g/mol. The second kappa shape index (κ2) is 6.71. The lowest BCUT2D eigenvalue weighted by Gasteiger charge is -2.19. The molecule has 0 spiro atoms. The number of likely N-dealkylation sites (N-methyl/N-ethyl adjacent to an activating group) is 1. The van der Waals surface area contributed by atoms with Gasteiger partial charge in [-0.25, -0.2) is 0 Å². The molecule has 0 heterocycles. The molecule has 0 aliphatic rings. The Kier molecular flexibility index (Phi) is 4.97. The van der Waals surface area contributed by atoms with E-state index in [1.807, 2.05) is 7.05 Å². The van der Waals surface area contributed by atoms with Crippen LogP contribution in [0.1, 0.15) is 33.7 Å². The van der Waals surface area contributed by atoms with Gasteiger partial charge in [0, 0.05) is 12.5 Å². The molecule has 1 atom stereocenters. The zero-order valence-corrected chi connectivity index (χ0v) is 13.0. The fourth-order valence-electron chi connectivity index (χ4n) is 2.76. The number of hydrogen-bond donors (Lipinski definition) is 1. The highest BCUT2D eigenvalue weighted by atomic mass is 14.8. The zero-order valence-electron chi connectivity index (χ0n) is 13.0. The van der Waals surface area contributed by atoms with Crippen molar-refractivity contribution < 1.29 is 0 Å². The predicted molar refractivity (Wildman–Crippen MR) is 87.5 cm³/mol. The standard InChI is InChI=1S/C19H25N/c1-14-6-5-7-17(10-14)19(13-20-4)12-18-11-15(2)8-9-16(18)3/h5-11,19-20H,12-13H2,1-4H3. The molecule has 0 saturated heterocycles. The van der Waals surface area contributed by atoms with Gasteiger partial charge in [-0.1, -0.05) is 53.6 Å². The van der Waals surface area contributed by atoms with Crippen LogP contribution in [0.25, 0.3) is 0 Å². The highest BCUT2D eigenvalue weighted by Crippen LogP contribution is 2.23. The first-order chi connectivity index (χ1) is 9.60. The Morgan fingerprint density at radius 3 is 2.40 bits per heavy atom. The van der Waals surface area contributed by atoms with Crippen LogP contribution in [0.5, 0.6) is 0 Å². The first-order valence-electron chi connectivity index (χ1n) is 7.37. The molecule has 2 aromatic rings. The maximum Gasteiger partial charge on any atom is 0.00203 e. The molecule has 20 heavy (non-hydrogen) atoms. The number of hydrogen-bond acceptors (Lipinski definition) is 1. The van der Waals surface area contributed by atoms with Gasteiger partial charge in [-0.3, -0.25) is 0 Å². The minimum absolute atomic E-state index is 0.528. The van der Waals surface area contributed by atoms with Crippen molar-refractivity contribution in [3.05, 3.63) is 70.3 Å². The molecule has 2 rings (SSSR count). The van der Waals surface area contributed by atoms with Gasteiger partial charge in [-0.2, -0.15) is 0 Å². The normalized spacial score (nSPS) is 12.4. The van der Waals surface area contributed by atoms with Crippen LogP contribution in [0, 0.1) is 20.8 Å². The third-order valence-corrected chi connectivity index (χ3v) is 3.94. The maximum absolute atomic E-state index is 3.34. The van der Waals surface area contributed by atoms with E-state index in [0.29, 0.717) is 5.92 Å². The van der Waals surface area contributed by atoms with Crippen LogP contribution in [0.3, 0.4) is 0 Å². The average Bonchev–Trinajstić information content (AvgIpc) is 2.42. The summed E-state index contributed by atoms with van der Waals surface area (Å²) in [7, 11) is 2.03. The Morgan fingerprint density at radius 1 is 0.950 bits per heavy atom. The monoisotopic (exact) mass is 267 g/mol. The van der Waals surface area contributed by atoms with Crippen LogP contribution >= 0.6 is 0 Å². The van der Waals surface area contributed by atoms with Crippen LogP contribution in [0.15, 0.2) is 42.5 Å². The Hall–Kier alpha value is -1.60. The lowest BCUT2D eigenvalue weighted by atomic mass is 9.89. The van der Waals surface area contributed by atoms with Gasteiger partial charge in [0.15, 0.2) is 0 Å². The highest BCUT2D eigenvalue weighted by Gasteiger charge is 2.13. The Labute approximate surface area is 123 Å². The molecule has 106 valence electrons.